The van der Waals surface area contributed by atoms with E-state index in [1.165, 1.54) is 6.20 Å². The van der Waals surface area contributed by atoms with Crippen LogP contribution < -0.4 is 10.6 Å². The molecule has 0 spiro atoms. The largest absolute Gasteiger partial charge is 0.418 e. The highest BCUT2D eigenvalue weighted by Crippen LogP contribution is 2.41. The summed E-state index contributed by atoms with van der Waals surface area (Å²) >= 11 is 12.9. The summed E-state index contributed by atoms with van der Waals surface area (Å²) in [4.78, 5) is 16.9. The van der Waals surface area contributed by atoms with Crippen molar-refractivity contribution in [2.24, 2.45) is 0 Å². The van der Waals surface area contributed by atoms with Crippen molar-refractivity contribution in [1.29, 1.82) is 0 Å². The van der Waals surface area contributed by atoms with Gasteiger partial charge in [-0.1, -0.05) is 34.5 Å². The van der Waals surface area contributed by atoms with E-state index in [9.17, 15) is 18.0 Å². The van der Waals surface area contributed by atoms with Crippen LogP contribution in [0.15, 0.2) is 30.5 Å². The molecule has 0 aliphatic carbocycles. The minimum atomic E-state index is -4.61. The topological polar surface area (TPSA) is 82.7 Å². The number of rotatable bonds is 4. The van der Waals surface area contributed by atoms with Gasteiger partial charge < -0.3 is 5.32 Å². The van der Waals surface area contributed by atoms with E-state index in [0.717, 1.165) is 17.4 Å². The first-order valence-electron chi connectivity index (χ1n) is 8.84. The number of fused-ring (bicyclic) bond motifs is 3. The zero-order chi connectivity index (χ0) is 22.6. The number of nitrogens with zero attached hydrogens (tertiary/aromatic N) is 2. The van der Waals surface area contributed by atoms with Crippen LogP contribution in [0.1, 0.15) is 19.4 Å². The van der Waals surface area contributed by atoms with Crippen LogP contribution in [0.5, 0.6) is 0 Å². The standard InChI is InChI=1S/C19H14Cl2F3N5OS/c1-18(2,28-8-3-4-11(20)12(21)5-8)16(30)27-17-26-14-10(19(22,23)24)6-13-9(7-25-29-13)15(14)31-17/h3-7,28H,1-2H3,(H,25,29)(H,26,27,30). The van der Waals surface area contributed by atoms with Crippen molar-refractivity contribution in [3.63, 3.8) is 0 Å². The van der Waals surface area contributed by atoms with Gasteiger partial charge in [0.25, 0.3) is 5.91 Å². The molecule has 0 aliphatic rings. The second-order valence-electron chi connectivity index (χ2n) is 7.28. The van der Waals surface area contributed by atoms with Crippen LogP contribution in [0.4, 0.5) is 24.0 Å². The Kier molecular flexibility index (Phi) is 5.27. The molecule has 2 aromatic carbocycles. The molecule has 4 aromatic rings. The zero-order valence-electron chi connectivity index (χ0n) is 16.0. The van der Waals surface area contributed by atoms with Crippen LogP contribution in [0.25, 0.3) is 21.1 Å². The molecular formula is C19H14Cl2F3N5OS. The molecule has 0 saturated heterocycles. The number of thiazole rings is 1. The lowest BCUT2D eigenvalue weighted by Gasteiger charge is -2.26. The highest BCUT2D eigenvalue weighted by Gasteiger charge is 2.36. The number of benzene rings is 2. The summed E-state index contributed by atoms with van der Waals surface area (Å²) in [5.74, 6) is -0.491. The van der Waals surface area contributed by atoms with E-state index in [2.05, 4.69) is 25.8 Å². The Morgan fingerprint density at radius 2 is 1.90 bits per heavy atom. The van der Waals surface area contributed by atoms with E-state index in [0.29, 0.717) is 21.1 Å². The Bertz CT molecular complexity index is 1320. The number of nitrogens with one attached hydrogen (secondary N) is 3. The molecule has 0 fully saturated rings. The predicted octanol–water partition coefficient (Wildman–Crippen LogP) is 6.33. The van der Waals surface area contributed by atoms with Crippen molar-refractivity contribution in [2.75, 3.05) is 10.6 Å². The molecule has 3 N–H and O–H groups in total. The Morgan fingerprint density at radius 3 is 2.58 bits per heavy atom. The van der Waals surface area contributed by atoms with Crippen molar-refractivity contribution < 1.29 is 18.0 Å². The Morgan fingerprint density at radius 1 is 1.16 bits per heavy atom. The molecule has 2 aromatic heterocycles. The Labute approximate surface area is 187 Å². The molecule has 0 aliphatic heterocycles. The second kappa shape index (κ2) is 7.54. The molecule has 31 heavy (non-hydrogen) atoms. The fourth-order valence-electron chi connectivity index (χ4n) is 3.00. The highest BCUT2D eigenvalue weighted by molar-refractivity contribution is 7.23. The van der Waals surface area contributed by atoms with Crippen LogP contribution in [-0.4, -0.2) is 26.6 Å². The predicted molar refractivity (Wildman–Crippen MR) is 117 cm³/mol. The number of aromatic amines is 1. The van der Waals surface area contributed by atoms with Gasteiger partial charge in [0.15, 0.2) is 5.13 Å². The molecule has 0 atom stereocenters. The molecule has 6 nitrogen and oxygen atoms in total. The van der Waals surface area contributed by atoms with Crippen LogP contribution in [-0.2, 0) is 11.0 Å². The number of carbonyl (C=O) groups excluding carboxylic acids is 1. The smallest absolute Gasteiger partial charge is 0.372 e. The molecule has 162 valence electrons. The second-order valence-corrected chi connectivity index (χ2v) is 9.10. The summed E-state index contributed by atoms with van der Waals surface area (Å²) in [6.45, 7) is 3.24. The van der Waals surface area contributed by atoms with Crippen molar-refractivity contribution in [3.05, 3.63) is 46.1 Å². The average molecular weight is 488 g/mol. The minimum Gasteiger partial charge on any atom is -0.372 e. The number of anilines is 2. The third-order valence-corrected chi connectivity index (χ3v) is 6.30. The summed E-state index contributed by atoms with van der Waals surface area (Å²) in [5.41, 5.74) is -1.48. The summed E-state index contributed by atoms with van der Waals surface area (Å²) in [6, 6.07) is 5.78. The number of hydrogen-bond donors (Lipinski definition) is 3. The lowest BCUT2D eigenvalue weighted by atomic mass is 10.0. The van der Waals surface area contributed by atoms with Gasteiger partial charge in [-0.15, -0.1) is 0 Å². The van der Waals surface area contributed by atoms with Crippen LogP contribution in [0.3, 0.4) is 0 Å². The fourth-order valence-corrected chi connectivity index (χ4v) is 4.30. The van der Waals surface area contributed by atoms with E-state index in [1.54, 1.807) is 32.0 Å². The normalized spacial score (nSPS) is 12.5. The number of alkyl halides is 3. The lowest BCUT2D eigenvalue weighted by Crippen LogP contribution is -2.44. The number of amides is 1. The summed E-state index contributed by atoms with van der Waals surface area (Å²) in [7, 11) is 0. The minimum absolute atomic E-state index is 0.0446. The number of H-pyrrole nitrogens is 1. The van der Waals surface area contributed by atoms with Crippen molar-refractivity contribution >= 4 is 72.4 Å². The van der Waals surface area contributed by atoms with E-state index in [1.807, 2.05) is 0 Å². The maximum absolute atomic E-state index is 13.5. The maximum atomic E-state index is 13.5. The van der Waals surface area contributed by atoms with Crippen LogP contribution in [0.2, 0.25) is 10.0 Å². The molecule has 1 amide bonds. The molecule has 2 heterocycles. The van der Waals surface area contributed by atoms with Gasteiger partial charge in [0.1, 0.15) is 5.54 Å². The van der Waals surface area contributed by atoms with Gasteiger partial charge in [-0.05, 0) is 38.1 Å². The van der Waals surface area contributed by atoms with Crippen LogP contribution in [0, 0.1) is 0 Å². The molecule has 0 radical (unpaired) electrons. The van der Waals surface area contributed by atoms with E-state index < -0.39 is 23.2 Å². The van der Waals surface area contributed by atoms with Crippen molar-refractivity contribution in [3.8, 4) is 0 Å². The van der Waals surface area contributed by atoms with Gasteiger partial charge in [0.05, 0.1) is 37.5 Å². The molecule has 12 heteroatoms. The summed E-state index contributed by atoms with van der Waals surface area (Å²) in [6.07, 6.45) is -3.18. The molecular weight excluding hydrogens is 474 g/mol. The third kappa shape index (κ3) is 4.15. The van der Waals surface area contributed by atoms with E-state index in [4.69, 9.17) is 23.2 Å². The maximum Gasteiger partial charge on any atom is 0.418 e. The Hall–Kier alpha value is -2.56. The Balaban J connectivity index is 1.66. The zero-order valence-corrected chi connectivity index (χ0v) is 18.3. The van der Waals surface area contributed by atoms with Gasteiger partial charge in [0.2, 0.25) is 0 Å². The van der Waals surface area contributed by atoms with Gasteiger partial charge in [0, 0.05) is 11.1 Å². The SMILES string of the molecule is CC(C)(Nc1ccc(Cl)c(Cl)c1)C(=O)Nc1nc2c(C(F)(F)F)cc3[nH]ncc3c2s1. The third-order valence-electron chi connectivity index (χ3n) is 4.55. The lowest BCUT2D eigenvalue weighted by molar-refractivity contribution is -0.136. The monoisotopic (exact) mass is 487 g/mol. The van der Waals surface area contributed by atoms with Gasteiger partial charge in [-0.2, -0.15) is 18.3 Å². The number of halogens is 5. The van der Waals surface area contributed by atoms with E-state index in [-0.39, 0.29) is 20.9 Å². The molecule has 0 unspecified atom stereocenters. The quantitative estimate of drug-likeness (QED) is 0.314. The molecule has 0 bridgehead atoms. The molecule has 0 saturated carbocycles. The van der Waals surface area contributed by atoms with Gasteiger partial charge >= 0.3 is 6.18 Å². The van der Waals surface area contributed by atoms with Crippen molar-refractivity contribution in [2.45, 2.75) is 25.6 Å². The highest BCUT2D eigenvalue weighted by atomic mass is 35.5. The van der Waals surface area contributed by atoms with Gasteiger partial charge in [-0.3, -0.25) is 15.2 Å². The first kappa shape index (κ1) is 21.7. The van der Waals surface area contributed by atoms with E-state index >= 15 is 0 Å². The van der Waals surface area contributed by atoms with Crippen molar-refractivity contribution in [1.82, 2.24) is 15.2 Å². The van der Waals surface area contributed by atoms with Gasteiger partial charge in [-0.25, -0.2) is 4.98 Å². The molecule has 4 rings (SSSR count). The summed E-state index contributed by atoms with van der Waals surface area (Å²) in [5, 5.41) is 13.2. The number of carbonyl (C=O) groups is 1. The first-order chi connectivity index (χ1) is 14.5. The number of hydrogen-bond acceptors (Lipinski definition) is 5. The summed E-state index contributed by atoms with van der Waals surface area (Å²) < 4.78 is 40.9. The first-order valence-corrected chi connectivity index (χ1v) is 10.4. The number of aromatic nitrogens is 3. The average Bonchev–Trinajstić information content (AvgIpc) is 3.28. The fraction of sp³-hybridized carbons (Fsp3) is 0.211. The van der Waals surface area contributed by atoms with Crippen LogP contribution >= 0.6 is 34.5 Å².